The zero-order valence-corrected chi connectivity index (χ0v) is 11.0. The van der Waals surface area contributed by atoms with Gasteiger partial charge in [0.1, 0.15) is 25.5 Å². The van der Waals surface area contributed by atoms with Crippen molar-refractivity contribution in [2.45, 2.75) is 13.1 Å². The van der Waals surface area contributed by atoms with Crippen LogP contribution in [0.1, 0.15) is 9.75 Å². The molecule has 3 rings (SSSR count). The Hall–Kier alpha value is -1.39. The maximum atomic E-state index is 2.22. The topological polar surface area (TPSA) is 8.81 Å². The molecule has 0 saturated carbocycles. The first-order chi connectivity index (χ1) is 8.40. The summed E-state index contributed by atoms with van der Waals surface area (Å²) in [6, 6.07) is 8.55. The van der Waals surface area contributed by atoms with Crippen LogP contribution < -0.4 is 4.57 Å². The summed E-state index contributed by atoms with van der Waals surface area (Å²) in [5.41, 5.74) is 0. The Morgan fingerprint density at radius 2 is 1.82 bits per heavy atom. The maximum Gasteiger partial charge on any atom is 0.244 e. The third-order valence-electron chi connectivity index (χ3n) is 2.58. The normalized spacial score (nSPS) is 10.8. The van der Waals surface area contributed by atoms with Crippen LogP contribution in [0.5, 0.6) is 0 Å². The lowest BCUT2D eigenvalue weighted by Crippen LogP contribution is -2.31. The Labute approximate surface area is 108 Å². The third-order valence-corrected chi connectivity index (χ3v) is 4.31. The molecule has 0 aliphatic carbocycles. The number of hydrogen-bond donors (Lipinski definition) is 0. The van der Waals surface area contributed by atoms with Crippen molar-refractivity contribution in [2.24, 2.45) is 0 Å². The predicted octanol–water partition coefficient (Wildman–Crippen LogP) is 3.00. The Bertz CT molecular complexity index is 514. The van der Waals surface area contributed by atoms with E-state index in [9.17, 15) is 0 Å². The van der Waals surface area contributed by atoms with E-state index in [4.69, 9.17) is 0 Å². The fourth-order valence-electron chi connectivity index (χ4n) is 1.79. The van der Waals surface area contributed by atoms with Gasteiger partial charge in [0.05, 0.1) is 0 Å². The van der Waals surface area contributed by atoms with Gasteiger partial charge in [0, 0.05) is 9.75 Å². The smallest absolute Gasteiger partial charge is 0.232 e. The van der Waals surface area contributed by atoms with Crippen LogP contribution in [0.15, 0.2) is 53.7 Å². The van der Waals surface area contributed by atoms with E-state index in [0.717, 1.165) is 13.1 Å². The SMILES string of the molecule is c1csc(Cn2cc[n+](Cc3cccs3)c2)c1. The third kappa shape index (κ3) is 2.65. The second-order valence-corrected chi connectivity index (χ2v) is 5.98. The molecule has 0 aliphatic heterocycles. The molecule has 0 spiro atoms. The van der Waals surface area contributed by atoms with E-state index < -0.39 is 0 Å². The molecule has 0 amide bonds. The fraction of sp³-hybridized carbons (Fsp3) is 0.154. The fourth-order valence-corrected chi connectivity index (χ4v) is 3.22. The van der Waals surface area contributed by atoms with Gasteiger partial charge in [-0.2, -0.15) is 0 Å². The van der Waals surface area contributed by atoms with Crippen molar-refractivity contribution in [1.29, 1.82) is 0 Å². The van der Waals surface area contributed by atoms with Gasteiger partial charge in [0.2, 0.25) is 6.33 Å². The molecular weight excluding hydrogens is 248 g/mol. The minimum atomic E-state index is 0.967. The van der Waals surface area contributed by atoms with Crippen LogP contribution in [0.2, 0.25) is 0 Å². The zero-order valence-electron chi connectivity index (χ0n) is 9.32. The highest BCUT2D eigenvalue weighted by Gasteiger charge is 2.06. The monoisotopic (exact) mass is 261 g/mol. The summed E-state index contributed by atoms with van der Waals surface area (Å²) < 4.78 is 4.44. The summed E-state index contributed by atoms with van der Waals surface area (Å²) in [4.78, 5) is 2.78. The molecule has 17 heavy (non-hydrogen) atoms. The van der Waals surface area contributed by atoms with Crippen LogP contribution in [0.4, 0.5) is 0 Å². The summed E-state index contributed by atoms with van der Waals surface area (Å²) >= 11 is 3.61. The van der Waals surface area contributed by atoms with Crippen molar-refractivity contribution in [1.82, 2.24) is 4.57 Å². The van der Waals surface area contributed by atoms with Gasteiger partial charge in [-0.25, -0.2) is 9.13 Å². The van der Waals surface area contributed by atoms with Crippen LogP contribution in [0.25, 0.3) is 0 Å². The number of thiophene rings is 2. The summed E-state index contributed by atoms with van der Waals surface area (Å²) in [6.45, 7) is 1.93. The highest BCUT2D eigenvalue weighted by molar-refractivity contribution is 7.10. The lowest BCUT2D eigenvalue weighted by molar-refractivity contribution is -0.687. The molecule has 0 radical (unpaired) electrons. The van der Waals surface area contributed by atoms with Gasteiger partial charge in [-0.15, -0.1) is 22.7 Å². The van der Waals surface area contributed by atoms with E-state index in [1.54, 1.807) is 22.7 Å². The molecule has 0 saturated heterocycles. The van der Waals surface area contributed by atoms with Crippen LogP contribution in [0, 0.1) is 0 Å². The zero-order chi connectivity index (χ0) is 11.5. The summed E-state index contributed by atoms with van der Waals surface area (Å²) in [5.74, 6) is 0. The second-order valence-electron chi connectivity index (χ2n) is 3.92. The van der Waals surface area contributed by atoms with E-state index in [0.29, 0.717) is 0 Å². The average Bonchev–Trinajstić information content (AvgIpc) is 3.02. The highest BCUT2D eigenvalue weighted by Crippen LogP contribution is 2.10. The molecule has 3 aromatic heterocycles. The molecule has 4 heteroatoms. The second kappa shape index (κ2) is 4.85. The molecular formula is C13H13N2S2+. The Morgan fingerprint density at radius 1 is 1.06 bits per heavy atom. The summed E-state index contributed by atoms with van der Waals surface area (Å²) in [6.07, 6.45) is 6.43. The molecule has 0 atom stereocenters. The summed E-state index contributed by atoms with van der Waals surface area (Å²) in [7, 11) is 0. The Balaban J connectivity index is 1.70. The van der Waals surface area contributed by atoms with Gasteiger partial charge >= 0.3 is 0 Å². The number of aromatic nitrogens is 2. The Kier molecular flexibility index (Phi) is 3.07. The predicted molar refractivity (Wildman–Crippen MR) is 71.5 cm³/mol. The van der Waals surface area contributed by atoms with Crippen LogP contribution in [-0.2, 0) is 13.1 Å². The van der Waals surface area contributed by atoms with Gasteiger partial charge in [-0.05, 0) is 22.9 Å². The van der Waals surface area contributed by atoms with Gasteiger partial charge in [0.15, 0.2) is 0 Å². The van der Waals surface area contributed by atoms with Gasteiger partial charge in [0.25, 0.3) is 0 Å². The first-order valence-electron chi connectivity index (χ1n) is 5.50. The molecule has 3 heterocycles. The maximum absolute atomic E-state index is 2.22. The standard InChI is InChI=1S/C13H13N2S2/c1-3-12(16-7-1)9-14-5-6-15(11-14)10-13-4-2-8-17-13/h1-8,11H,9-10H2/q+1. The van der Waals surface area contributed by atoms with Crippen molar-refractivity contribution in [3.05, 3.63) is 63.5 Å². The van der Waals surface area contributed by atoms with E-state index in [2.05, 4.69) is 62.9 Å². The van der Waals surface area contributed by atoms with E-state index in [1.807, 2.05) is 0 Å². The first kappa shape index (κ1) is 10.7. The molecule has 86 valence electrons. The molecule has 0 bridgehead atoms. The number of hydrogen-bond acceptors (Lipinski definition) is 2. The van der Waals surface area contributed by atoms with Crippen LogP contribution in [-0.4, -0.2) is 4.57 Å². The van der Waals surface area contributed by atoms with E-state index in [-0.39, 0.29) is 0 Å². The summed E-state index contributed by atoms with van der Waals surface area (Å²) in [5, 5.41) is 4.25. The lowest BCUT2D eigenvalue weighted by Gasteiger charge is -1.93. The minimum Gasteiger partial charge on any atom is -0.232 e. The molecule has 0 N–H and O–H groups in total. The van der Waals surface area contributed by atoms with E-state index in [1.165, 1.54) is 9.75 Å². The van der Waals surface area contributed by atoms with E-state index >= 15 is 0 Å². The molecule has 2 nitrogen and oxygen atoms in total. The highest BCUT2D eigenvalue weighted by atomic mass is 32.1. The minimum absolute atomic E-state index is 0.967. The van der Waals surface area contributed by atoms with Gasteiger partial charge < -0.3 is 0 Å². The molecule has 0 fully saturated rings. The number of nitrogens with zero attached hydrogens (tertiary/aromatic N) is 2. The molecule has 0 aromatic carbocycles. The van der Waals surface area contributed by atoms with Crippen LogP contribution in [0.3, 0.4) is 0 Å². The molecule has 0 aliphatic rings. The van der Waals surface area contributed by atoms with Crippen LogP contribution >= 0.6 is 22.7 Å². The van der Waals surface area contributed by atoms with Crippen molar-refractivity contribution in [3.8, 4) is 0 Å². The first-order valence-corrected chi connectivity index (χ1v) is 7.26. The average molecular weight is 261 g/mol. The van der Waals surface area contributed by atoms with Crippen molar-refractivity contribution in [3.63, 3.8) is 0 Å². The van der Waals surface area contributed by atoms with Crippen molar-refractivity contribution >= 4 is 22.7 Å². The number of rotatable bonds is 4. The van der Waals surface area contributed by atoms with Gasteiger partial charge in [-0.3, -0.25) is 0 Å². The quantitative estimate of drug-likeness (QED) is 0.638. The Morgan fingerprint density at radius 3 is 2.53 bits per heavy atom. The molecule has 3 aromatic rings. The largest absolute Gasteiger partial charge is 0.244 e. The lowest BCUT2D eigenvalue weighted by atomic mass is 10.4. The molecule has 0 unspecified atom stereocenters. The van der Waals surface area contributed by atoms with Crippen molar-refractivity contribution in [2.75, 3.05) is 0 Å². The number of imidazole rings is 1. The van der Waals surface area contributed by atoms with Gasteiger partial charge in [-0.1, -0.05) is 12.1 Å². The van der Waals surface area contributed by atoms with Crippen molar-refractivity contribution < 1.29 is 4.57 Å².